The topological polar surface area (TPSA) is 26.3 Å². The van der Waals surface area contributed by atoms with Crippen LogP contribution in [-0.4, -0.2) is 12.1 Å². The van der Waals surface area contributed by atoms with Crippen LogP contribution in [0, 0.1) is 0 Å². The molecule has 0 radical (unpaired) electrons. The van der Waals surface area contributed by atoms with E-state index >= 15 is 0 Å². The summed E-state index contributed by atoms with van der Waals surface area (Å²) in [7, 11) is 0. The van der Waals surface area contributed by atoms with E-state index < -0.39 is 0 Å². The molecular formula is C15H20O2. The summed E-state index contributed by atoms with van der Waals surface area (Å²) in [6, 6.07) is 0. The SMILES string of the molecule is CC1=C2C/C=C(\C)CC/C=C(\C)C[C@@H]2OC1=O. The lowest BCUT2D eigenvalue weighted by molar-refractivity contribution is -0.139. The van der Waals surface area contributed by atoms with Gasteiger partial charge < -0.3 is 4.74 Å². The molecule has 2 nitrogen and oxygen atoms in total. The second-order valence-electron chi connectivity index (χ2n) is 5.09. The molecule has 0 saturated carbocycles. The van der Waals surface area contributed by atoms with Crippen molar-refractivity contribution in [2.45, 2.75) is 52.6 Å². The first-order valence-corrected chi connectivity index (χ1v) is 6.30. The minimum absolute atomic E-state index is 0.0269. The maximum Gasteiger partial charge on any atom is 0.334 e. The van der Waals surface area contributed by atoms with Crippen molar-refractivity contribution in [1.82, 2.24) is 0 Å². The van der Waals surface area contributed by atoms with Crippen LogP contribution < -0.4 is 0 Å². The Hall–Kier alpha value is -1.31. The number of carbonyl (C=O) groups is 1. The third-order valence-electron chi connectivity index (χ3n) is 3.64. The molecule has 0 spiro atoms. The Bertz CT molecular complexity index is 424. The van der Waals surface area contributed by atoms with Crippen molar-refractivity contribution >= 4 is 5.97 Å². The molecule has 17 heavy (non-hydrogen) atoms. The highest BCUT2D eigenvalue weighted by Gasteiger charge is 2.30. The maximum absolute atomic E-state index is 11.6. The summed E-state index contributed by atoms with van der Waals surface area (Å²) < 4.78 is 5.43. The van der Waals surface area contributed by atoms with Crippen LogP contribution in [0.3, 0.4) is 0 Å². The van der Waals surface area contributed by atoms with E-state index in [9.17, 15) is 4.79 Å². The Labute approximate surface area is 103 Å². The van der Waals surface area contributed by atoms with Gasteiger partial charge in [0.1, 0.15) is 6.10 Å². The molecule has 0 aromatic rings. The van der Waals surface area contributed by atoms with Gasteiger partial charge in [0, 0.05) is 12.0 Å². The molecule has 92 valence electrons. The smallest absolute Gasteiger partial charge is 0.334 e. The zero-order valence-corrected chi connectivity index (χ0v) is 10.9. The fourth-order valence-corrected chi connectivity index (χ4v) is 2.42. The lowest BCUT2D eigenvalue weighted by Crippen LogP contribution is -2.12. The zero-order chi connectivity index (χ0) is 12.4. The monoisotopic (exact) mass is 232 g/mol. The number of hydrogen-bond acceptors (Lipinski definition) is 2. The van der Waals surface area contributed by atoms with Gasteiger partial charge >= 0.3 is 5.97 Å². The highest BCUT2D eigenvalue weighted by molar-refractivity contribution is 5.91. The van der Waals surface area contributed by atoms with Gasteiger partial charge in [-0.25, -0.2) is 4.79 Å². The molecule has 0 fully saturated rings. The van der Waals surface area contributed by atoms with Gasteiger partial charge in [0.2, 0.25) is 0 Å². The van der Waals surface area contributed by atoms with Gasteiger partial charge in [0.05, 0.1) is 0 Å². The predicted octanol–water partition coefficient (Wildman–Crippen LogP) is 3.69. The van der Waals surface area contributed by atoms with Crippen molar-refractivity contribution in [3.63, 3.8) is 0 Å². The fourth-order valence-electron chi connectivity index (χ4n) is 2.42. The van der Waals surface area contributed by atoms with Crippen LogP contribution >= 0.6 is 0 Å². The normalized spacial score (nSPS) is 32.2. The quantitative estimate of drug-likeness (QED) is 0.470. The van der Waals surface area contributed by atoms with Crippen molar-refractivity contribution in [2.75, 3.05) is 0 Å². The van der Waals surface area contributed by atoms with Crippen LogP contribution in [0.4, 0.5) is 0 Å². The zero-order valence-electron chi connectivity index (χ0n) is 10.9. The number of allylic oxidation sites excluding steroid dienone is 3. The Balaban J connectivity index is 2.30. The average Bonchev–Trinajstić information content (AvgIpc) is 2.52. The molecule has 0 N–H and O–H groups in total. The molecule has 1 heterocycles. The van der Waals surface area contributed by atoms with E-state index in [1.165, 1.54) is 16.7 Å². The largest absolute Gasteiger partial charge is 0.454 e. The van der Waals surface area contributed by atoms with Crippen LogP contribution in [0.5, 0.6) is 0 Å². The molecule has 0 aromatic carbocycles. The van der Waals surface area contributed by atoms with Crippen molar-refractivity contribution in [3.8, 4) is 0 Å². The van der Waals surface area contributed by atoms with Gasteiger partial charge in [-0.15, -0.1) is 0 Å². The first kappa shape index (κ1) is 12.2. The second-order valence-corrected chi connectivity index (χ2v) is 5.09. The molecule has 0 saturated heterocycles. The van der Waals surface area contributed by atoms with Crippen molar-refractivity contribution in [1.29, 1.82) is 0 Å². The van der Waals surface area contributed by atoms with Gasteiger partial charge in [-0.05, 0) is 45.6 Å². The van der Waals surface area contributed by atoms with E-state index in [1.54, 1.807) is 0 Å². The number of rotatable bonds is 0. The van der Waals surface area contributed by atoms with Crippen LogP contribution in [0.2, 0.25) is 0 Å². The van der Waals surface area contributed by atoms with Gasteiger partial charge in [-0.3, -0.25) is 0 Å². The van der Waals surface area contributed by atoms with Crippen LogP contribution in [0.25, 0.3) is 0 Å². The molecule has 2 aliphatic rings. The number of esters is 1. The van der Waals surface area contributed by atoms with Gasteiger partial charge in [0.15, 0.2) is 0 Å². The Morgan fingerprint density at radius 2 is 1.94 bits per heavy atom. The van der Waals surface area contributed by atoms with Gasteiger partial charge in [-0.1, -0.05) is 23.3 Å². The summed E-state index contributed by atoms with van der Waals surface area (Å²) in [5, 5.41) is 0. The summed E-state index contributed by atoms with van der Waals surface area (Å²) in [5.41, 5.74) is 4.70. The third kappa shape index (κ3) is 2.68. The number of fused-ring (bicyclic) bond motifs is 1. The van der Waals surface area contributed by atoms with Crippen LogP contribution in [-0.2, 0) is 9.53 Å². The second kappa shape index (κ2) is 4.91. The molecule has 0 amide bonds. The van der Waals surface area contributed by atoms with E-state index in [1.807, 2.05) is 6.92 Å². The molecule has 0 aromatic heterocycles. The van der Waals surface area contributed by atoms with Crippen molar-refractivity contribution < 1.29 is 9.53 Å². The Morgan fingerprint density at radius 1 is 1.18 bits per heavy atom. The highest BCUT2D eigenvalue weighted by atomic mass is 16.5. The molecule has 2 rings (SSSR count). The predicted molar refractivity (Wildman–Crippen MR) is 68.6 cm³/mol. The number of carbonyl (C=O) groups excluding carboxylic acids is 1. The summed E-state index contributed by atoms with van der Waals surface area (Å²) in [6.45, 7) is 6.17. The van der Waals surface area contributed by atoms with Crippen LogP contribution in [0.15, 0.2) is 34.4 Å². The average molecular weight is 232 g/mol. The van der Waals surface area contributed by atoms with Crippen molar-refractivity contribution in [3.05, 3.63) is 34.4 Å². The van der Waals surface area contributed by atoms with Gasteiger partial charge in [-0.2, -0.15) is 0 Å². The lowest BCUT2D eigenvalue weighted by Gasteiger charge is -2.15. The summed E-state index contributed by atoms with van der Waals surface area (Å²) in [4.78, 5) is 11.6. The van der Waals surface area contributed by atoms with E-state index in [0.717, 1.165) is 31.3 Å². The van der Waals surface area contributed by atoms with Gasteiger partial charge in [0.25, 0.3) is 0 Å². The Morgan fingerprint density at radius 3 is 2.71 bits per heavy atom. The molecule has 1 atom stereocenters. The minimum Gasteiger partial charge on any atom is -0.454 e. The Kier molecular flexibility index (Phi) is 3.51. The number of hydrogen-bond donors (Lipinski definition) is 0. The molecule has 2 heteroatoms. The molecule has 1 aliphatic heterocycles. The molecule has 0 bridgehead atoms. The summed E-state index contributed by atoms with van der Waals surface area (Å²) in [6.07, 6.45) is 8.40. The van der Waals surface area contributed by atoms with E-state index in [4.69, 9.17) is 4.74 Å². The van der Waals surface area contributed by atoms with E-state index in [-0.39, 0.29) is 12.1 Å². The van der Waals surface area contributed by atoms with E-state index in [0.29, 0.717) is 0 Å². The maximum atomic E-state index is 11.6. The first-order valence-electron chi connectivity index (χ1n) is 6.30. The molecule has 0 unspecified atom stereocenters. The lowest BCUT2D eigenvalue weighted by atomic mass is 9.94. The first-order chi connectivity index (χ1) is 8.08. The summed E-state index contributed by atoms with van der Waals surface area (Å²) >= 11 is 0. The minimum atomic E-state index is -0.136. The fraction of sp³-hybridized carbons (Fsp3) is 0.533. The van der Waals surface area contributed by atoms with Crippen molar-refractivity contribution in [2.24, 2.45) is 0 Å². The molecular weight excluding hydrogens is 212 g/mol. The number of ether oxygens (including phenoxy) is 1. The highest BCUT2D eigenvalue weighted by Crippen LogP contribution is 2.31. The third-order valence-corrected chi connectivity index (χ3v) is 3.64. The standard InChI is InChI=1S/C15H20O2/c1-10-5-4-6-11(2)9-14-13(8-7-10)12(3)15(16)17-14/h6-7,14H,4-5,8-9H2,1-3H3/b10-7+,11-6+/t14-/m0/s1. The summed E-state index contributed by atoms with van der Waals surface area (Å²) in [5.74, 6) is -0.136. The van der Waals surface area contributed by atoms with E-state index in [2.05, 4.69) is 26.0 Å². The van der Waals surface area contributed by atoms with Crippen LogP contribution in [0.1, 0.15) is 46.5 Å². The molecule has 1 aliphatic carbocycles.